The lowest BCUT2D eigenvalue weighted by Crippen LogP contribution is -2.25. The molecule has 39 heavy (non-hydrogen) atoms. The number of fused-ring (bicyclic) bond motifs is 1. The van der Waals surface area contributed by atoms with Crippen LogP contribution in [0.3, 0.4) is 0 Å². The fraction of sp³-hybridized carbons (Fsp3) is 0.156. The van der Waals surface area contributed by atoms with Gasteiger partial charge in [0.2, 0.25) is 0 Å². The monoisotopic (exact) mass is 519 g/mol. The third kappa shape index (κ3) is 5.83. The molecule has 0 saturated heterocycles. The Kier molecular flexibility index (Phi) is 7.68. The second kappa shape index (κ2) is 11.6. The first-order valence-corrected chi connectivity index (χ1v) is 12.8. The smallest absolute Gasteiger partial charge is 0.358 e. The third-order valence-corrected chi connectivity index (χ3v) is 6.47. The number of esters is 1. The van der Waals surface area contributed by atoms with Crippen LogP contribution in [0.4, 0.5) is 0 Å². The number of aromatic nitrogens is 2. The first-order chi connectivity index (χ1) is 19.1. The summed E-state index contributed by atoms with van der Waals surface area (Å²) in [7, 11) is 1.64. The van der Waals surface area contributed by atoms with Crippen molar-refractivity contribution >= 4 is 22.6 Å². The molecule has 7 nitrogen and oxygen atoms in total. The van der Waals surface area contributed by atoms with Crippen LogP contribution in [0.5, 0.6) is 5.75 Å². The van der Waals surface area contributed by atoms with E-state index in [4.69, 9.17) is 9.47 Å². The van der Waals surface area contributed by atoms with Crippen molar-refractivity contribution in [2.45, 2.75) is 13.3 Å². The van der Waals surface area contributed by atoms with E-state index in [2.05, 4.69) is 22.5 Å². The van der Waals surface area contributed by atoms with Crippen molar-refractivity contribution in [2.75, 3.05) is 20.3 Å². The molecule has 5 rings (SSSR count). The number of nitrogens with one attached hydrogen (secondary N) is 1. The van der Waals surface area contributed by atoms with Crippen molar-refractivity contribution in [3.8, 4) is 22.7 Å². The van der Waals surface area contributed by atoms with Gasteiger partial charge < -0.3 is 14.8 Å². The molecule has 4 aromatic carbocycles. The number of nitrogens with zero attached hydrogens (tertiary/aromatic N) is 2. The Labute approximate surface area is 227 Å². The van der Waals surface area contributed by atoms with E-state index in [1.165, 1.54) is 0 Å². The van der Waals surface area contributed by atoms with E-state index in [0.717, 1.165) is 39.0 Å². The normalized spacial score (nSPS) is 10.8. The number of benzene rings is 4. The van der Waals surface area contributed by atoms with Gasteiger partial charge in [-0.1, -0.05) is 48.5 Å². The second-order valence-corrected chi connectivity index (χ2v) is 9.01. The molecule has 1 N–H and O–H groups in total. The molecule has 0 bridgehead atoms. The van der Waals surface area contributed by atoms with Crippen LogP contribution >= 0.6 is 0 Å². The Bertz CT molecular complexity index is 1610. The number of carbonyl (C=O) groups excluding carboxylic acids is 2. The number of hydrogen-bond donors (Lipinski definition) is 1. The molecule has 0 radical (unpaired) electrons. The highest BCUT2D eigenvalue weighted by Crippen LogP contribution is 2.28. The highest BCUT2D eigenvalue weighted by Gasteiger charge is 2.18. The molecule has 7 heteroatoms. The van der Waals surface area contributed by atoms with E-state index in [0.29, 0.717) is 18.5 Å². The minimum Gasteiger partial charge on any atom is -0.497 e. The van der Waals surface area contributed by atoms with E-state index >= 15 is 0 Å². The van der Waals surface area contributed by atoms with E-state index in [1.807, 2.05) is 66.7 Å². The van der Waals surface area contributed by atoms with Gasteiger partial charge in [0, 0.05) is 17.7 Å². The quantitative estimate of drug-likeness (QED) is 0.247. The lowest BCUT2D eigenvalue weighted by Gasteiger charge is -2.10. The lowest BCUT2D eigenvalue weighted by molar-refractivity contribution is 0.0518. The van der Waals surface area contributed by atoms with Crippen molar-refractivity contribution in [1.82, 2.24) is 15.1 Å². The molecule has 0 aliphatic heterocycles. The highest BCUT2D eigenvalue weighted by atomic mass is 16.5. The third-order valence-electron chi connectivity index (χ3n) is 6.47. The fourth-order valence-corrected chi connectivity index (χ4v) is 4.41. The summed E-state index contributed by atoms with van der Waals surface area (Å²) in [6.07, 6.45) is 0.715. The Morgan fingerprint density at radius 1 is 0.872 bits per heavy atom. The van der Waals surface area contributed by atoms with Gasteiger partial charge in [-0.2, -0.15) is 5.10 Å². The minimum atomic E-state index is -0.480. The number of methoxy groups -OCH3 is 1. The Morgan fingerprint density at radius 3 is 2.33 bits per heavy atom. The summed E-state index contributed by atoms with van der Waals surface area (Å²) < 4.78 is 12.1. The van der Waals surface area contributed by atoms with Gasteiger partial charge in [0.25, 0.3) is 5.91 Å². The predicted molar refractivity (Wildman–Crippen MR) is 151 cm³/mol. The Balaban J connectivity index is 1.36. The first kappa shape index (κ1) is 25.7. The molecule has 1 heterocycles. The maximum absolute atomic E-state index is 12.7. The Morgan fingerprint density at radius 2 is 1.62 bits per heavy atom. The van der Waals surface area contributed by atoms with Gasteiger partial charge in [0.05, 0.1) is 25.1 Å². The molecule has 0 spiro atoms. The van der Waals surface area contributed by atoms with E-state index in [1.54, 1.807) is 36.9 Å². The van der Waals surface area contributed by atoms with Gasteiger partial charge in [-0.15, -0.1) is 0 Å². The zero-order valence-corrected chi connectivity index (χ0v) is 21.9. The molecule has 1 aromatic heterocycles. The molecule has 0 unspecified atom stereocenters. The van der Waals surface area contributed by atoms with Gasteiger partial charge in [-0.25, -0.2) is 9.48 Å². The SMILES string of the molecule is CCOC(=O)c1cc(-c2ccc3ccccc3c2)n(-c2ccc(C(=O)NCCc3ccc(OC)cc3)cc2)n1. The predicted octanol–water partition coefficient (Wildman–Crippen LogP) is 5.85. The minimum absolute atomic E-state index is 0.155. The van der Waals surface area contributed by atoms with Crippen molar-refractivity contribution < 1.29 is 19.1 Å². The molecule has 0 atom stereocenters. The van der Waals surface area contributed by atoms with Crippen LogP contribution in [0.2, 0.25) is 0 Å². The van der Waals surface area contributed by atoms with Gasteiger partial charge in [-0.3, -0.25) is 4.79 Å². The number of hydrogen-bond acceptors (Lipinski definition) is 5. The van der Waals surface area contributed by atoms with Crippen LogP contribution in [0.15, 0.2) is 97.1 Å². The molecular weight excluding hydrogens is 490 g/mol. The zero-order valence-electron chi connectivity index (χ0n) is 21.9. The van der Waals surface area contributed by atoms with Crippen molar-refractivity contribution in [1.29, 1.82) is 0 Å². The van der Waals surface area contributed by atoms with E-state index in [-0.39, 0.29) is 18.2 Å². The van der Waals surface area contributed by atoms with Crippen LogP contribution < -0.4 is 10.1 Å². The average molecular weight is 520 g/mol. The van der Waals surface area contributed by atoms with Crippen LogP contribution in [-0.2, 0) is 11.2 Å². The van der Waals surface area contributed by atoms with E-state index in [9.17, 15) is 9.59 Å². The summed E-state index contributed by atoms with van der Waals surface area (Å²) in [5.74, 6) is 0.168. The summed E-state index contributed by atoms with van der Waals surface area (Å²) in [6, 6.07) is 30.9. The molecular formula is C32H29N3O4. The maximum Gasteiger partial charge on any atom is 0.358 e. The summed E-state index contributed by atoms with van der Waals surface area (Å²) in [6.45, 7) is 2.54. The van der Waals surface area contributed by atoms with Gasteiger partial charge in [-0.05, 0) is 78.2 Å². The van der Waals surface area contributed by atoms with Crippen molar-refractivity contribution in [2.24, 2.45) is 0 Å². The van der Waals surface area contributed by atoms with Crippen LogP contribution in [0, 0.1) is 0 Å². The standard InChI is InChI=1S/C32H29N3O4/c1-3-39-32(37)29-21-30(26-11-10-23-6-4-5-7-25(23)20-26)35(34-29)27-14-12-24(13-15-27)31(36)33-19-18-22-8-16-28(38-2)17-9-22/h4-17,20-21H,3,18-19H2,1-2H3,(H,33,36). The molecule has 196 valence electrons. The molecule has 0 saturated carbocycles. The molecule has 0 aliphatic rings. The molecule has 5 aromatic rings. The number of amides is 1. The molecule has 0 fully saturated rings. The second-order valence-electron chi connectivity index (χ2n) is 9.01. The van der Waals surface area contributed by atoms with Crippen molar-refractivity contribution in [3.63, 3.8) is 0 Å². The van der Waals surface area contributed by atoms with Gasteiger partial charge in [0.15, 0.2) is 5.69 Å². The number of carbonyl (C=O) groups is 2. The average Bonchev–Trinajstić information content (AvgIpc) is 3.43. The Hall–Kier alpha value is -4.91. The summed E-state index contributed by atoms with van der Waals surface area (Å²) in [5, 5.41) is 9.74. The number of rotatable bonds is 9. The number of ether oxygens (including phenoxy) is 2. The summed E-state index contributed by atoms with van der Waals surface area (Å²) >= 11 is 0. The summed E-state index contributed by atoms with van der Waals surface area (Å²) in [4.78, 5) is 25.3. The first-order valence-electron chi connectivity index (χ1n) is 12.8. The lowest BCUT2D eigenvalue weighted by atomic mass is 10.0. The fourth-order valence-electron chi connectivity index (χ4n) is 4.41. The highest BCUT2D eigenvalue weighted by molar-refractivity contribution is 5.94. The largest absolute Gasteiger partial charge is 0.497 e. The molecule has 0 aliphatic carbocycles. The van der Waals surface area contributed by atoms with Gasteiger partial charge in [0.1, 0.15) is 5.75 Å². The van der Waals surface area contributed by atoms with Crippen LogP contribution in [0.25, 0.3) is 27.7 Å². The van der Waals surface area contributed by atoms with Crippen LogP contribution in [0.1, 0.15) is 33.3 Å². The topological polar surface area (TPSA) is 82.5 Å². The molecule has 1 amide bonds. The summed E-state index contributed by atoms with van der Waals surface area (Å²) in [5.41, 5.74) is 4.27. The van der Waals surface area contributed by atoms with Gasteiger partial charge >= 0.3 is 5.97 Å². The van der Waals surface area contributed by atoms with Crippen molar-refractivity contribution in [3.05, 3.63) is 114 Å². The van der Waals surface area contributed by atoms with Crippen LogP contribution in [-0.4, -0.2) is 41.9 Å². The zero-order chi connectivity index (χ0) is 27.2. The maximum atomic E-state index is 12.7. The van der Waals surface area contributed by atoms with E-state index < -0.39 is 5.97 Å².